The molecule has 0 aromatic heterocycles. The standard InChI is InChI=1S/C21H32N2O6/c24-19(16-28-17-20(25)26)22-13-9-4-2-1-3-5-10-14-23-21(27)29-15-18-11-7-6-8-12-18/h6-8,11-12H,1-5,9-10,13-17H2,(H,22,24)(H,23,27)(H,25,26). The number of ether oxygens (including phenoxy) is 2. The molecule has 0 bridgehead atoms. The van der Waals surface area contributed by atoms with Gasteiger partial charge in [-0.2, -0.15) is 0 Å². The zero-order valence-corrected chi connectivity index (χ0v) is 16.9. The Bertz CT molecular complexity index is 594. The molecular formula is C21H32N2O6. The third kappa shape index (κ3) is 15.0. The first-order valence-electron chi connectivity index (χ1n) is 10.1. The topological polar surface area (TPSA) is 114 Å². The molecule has 0 radical (unpaired) electrons. The molecule has 8 heteroatoms. The van der Waals surface area contributed by atoms with Gasteiger partial charge in [-0.05, 0) is 18.4 Å². The molecule has 1 aromatic carbocycles. The number of rotatable bonds is 16. The van der Waals surface area contributed by atoms with Crippen LogP contribution < -0.4 is 10.6 Å². The summed E-state index contributed by atoms with van der Waals surface area (Å²) in [6.45, 7) is 0.786. The van der Waals surface area contributed by atoms with Crippen LogP contribution in [0.15, 0.2) is 30.3 Å². The van der Waals surface area contributed by atoms with E-state index in [2.05, 4.69) is 10.6 Å². The molecule has 0 aliphatic rings. The first kappa shape index (κ1) is 24.4. The number of nitrogens with one attached hydrogen (secondary N) is 2. The van der Waals surface area contributed by atoms with Crippen molar-refractivity contribution in [2.24, 2.45) is 0 Å². The van der Waals surface area contributed by atoms with Gasteiger partial charge in [-0.25, -0.2) is 9.59 Å². The van der Waals surface area contributed by atoms with Crippen LogP contribution in [0, 0.1) is 0 Å². The summed E-state index contributed by atoms with van der Waals surface area (Å²) < 4.78 is 9.85. The summed E-state index contributed by atoms with van der Waals surface area (Å²) in [5, 5.41) is 13.9. The van der Waals surface area contributed by atoms with Gasteiger partial charge in [0, 0.05) is 13.1 Å². The van der Waals surface area contributed by atoms with Crippen LogP contribution in [0.25, 0.3) is 0 Å². The fourth-order valence-electron chi connectivity index (χ4n) is 2.61. The van der Waals surface area contributed by atoms with Crippen LogP contribution in [0.4, 0.5) is 4.79 Å². The van der Waals surface area contributed by atoms with Crippen LogP contribution in [-0.4, -0.2) is 49.4 Å². The lowest BCUT2D eigenvalue weighted by Crippen LogP contribution is -2.29. The normalized spacial score (nSPS) is 10.3. The minimum atomic E-state index is -1.09. The number of hydrogen-bond donors (Lipinski definition) is 3. The van der Waals surface area contributed by atoms with Gasteiger partial charge in [0.15, 0.2) is 0 Å². The van der Waals surface area contributed by atoms with E-state index in [0.29, 0.717) is 13.1 Å². The number of carboxylic acid groups (broad SMARTS) is 1. The Morgan fingerprint density at radius 1 is 0.793 bits per heavy atom. The fraction of sp³-hybridized carbons (Fsp3) is 0.571. The Hall–Kier alpha value is -2.61. The van der Waals surface area contributed by atoms with Crippen molar-refractivity contribution in [2.75, 3.05) is 26.3 Å². The number of carboxylic acids is 1. The van der Waals surface area contributed by atoms with Crippen LogP contribution in [0.2, 0.25) is 0 Å². The highest BCUT2D eigenvalue weighted by atomic mass is 16.5. The smallest absolute Gasteiger partial charge is 0.407 e. The molecule has 0 saturated heterocycles. The van der Waals surface area contributed by atoms with Gasteiger partial charge in [0.05, 0.1) is 0 Å². The van der Waals surface area contributed by atoms with Crippen molar-refractivity contribution < 1.29 is 29.0 Å². The van der Waals surface area contributed by atoms with Crippen molar-refractivity contribution in [3.8, 4) is 0 Å². The molecule has 162 valence electrons. The van der Waals surface area contributed by atoms with Crippen molar-refractivity contribution in [2.45, 2.75) is 51.6 Å². The van der Waals surface area contributed by atoms with E-state index in [1.165, 1.54) is 0 Å². The number of carbonyl (C=O) groups excluding carboxylic acids is 2. The van der Waals surface area contributed by atoms with Gasteiger partial charge in [0.25, 0.3) is 0 Å². The Morgan fingerprint density at radius 3 is 2.00 bits per heavy atom. The molecule has 0 heterocycles. The molecule has 29 heavy (non-hydrogen) atoms. The zero-order chi connectivity index (χ0) is 21.2. The van der Waals surface area contributed by atoms with Crippen molar-refractivity contribution in [1.82, 2.24) is 10.6 Å². The number of amides is 2. The quantitative estimate of drug-likeness (QED) is 0.363. The molecule has 3 N–H and O–H groups in total. The summed E-state index contributed by atoms with van der Waals surface area (Å²) in [5.41, 5.74) is 0.966. The van der Waals surface area contributed by atoms with E-state index in [-0.39, 0.29) is 25.2 Å². The molecule has 0 unspecified atom stereocenters. The molecule has 0 fully saturated rings. The predicted octanol–water partition coefficient (Wildman–Crippen LogP) is 2.86. The maximum absolute atomic E-state index is 11.6. The van der Waals surface area contributed by atoms with Crippen LogP contribution in [-0.2, 0) is 25.7 Å². The van der Waals surface area contributed by atoms with E-state index in [0.717, 1.165) is 50.5 Å². The molecule has 0 atom stereocenters. The van der Waals surface area contributed by atoms with E-state index in [1.807, 2.05) is 30.3 Å². The van der Waals surface area contributed by atoms with Gasteiger partial charge in [0.2, 0.25) is 5.91 Å². The summed E-state index contributed by atoms with van der Waals surface area (Å²) in [6.07, 6.45) is 6.83. The predicted molar refractivity (Wildman–Crippen MR) is 108 cm³/mol. The number of aliphatic carboxylic acids is 1. The van der Waals surface area contributed by atoms with Crippen LogP contribution in [0.1, 0.15) is 50.5 Å². The molecule has 0 aliphatic heterocycles. The monoisotopic (exact) mass is 408 g/mol. The highest BCUT2D eigenvalue weighted by molar-refractivity contribution is 5.77. The molecular weight excluding hydrogens is 376 g/mol. The number of alkyl carbamates (subject to hydrolysis) is 1. The Morgan fingerprint density at radius 2 is 1.38 bits per heavy atom. The second-order valence-corrected chi connectivity index (χ2v) is 6.70. The van der Waals surface area contributed by atoms with Crippen molar-refractivity contribution in [3.05, 3.63) is 35.9 Å². The third-order valence-corrected chi connectivity index (χ3v) is 4.12. The molecule has 1 rings (SSSR count). The summed E-state index contributed by atoms with van der Waals surface area (Å²) in [7, 11) is 0. The van der Waals surface area contributed by atoms with Gasteiger partial charge in [-0.3, -0.25) is 4.79 Å². The van der Waals surface area contributed by atoms with Gasteiger partial charge >= 0.3 is 12.1 Å². The Kier molecular flexibility index (Phi) is 13.8. The Balaban J connectivity index is 1.82. The minimum Gasteiger partial charge on any atom is -0.480 e. The van der Waals surface area contributed by atoms with Gasteiger partial charge in [-0.15, -0.1) is 0 Å². The second-order valence-electron chi connectivity index (χ2n) is 6.70. The SMILES string of the molecule is O=C(O)COCC(=O)NCCCCCCCCCNC(=O)OCc1ccccc1. The van der Waals surface area contributed by atoms with E-state index < -0.39 is 12.6 Å². The maximum atomic E-state index is 11.6. The molecule has 0 spiro atoms. The average molecular weight is 408 g/mol. The summed E-state index contributed by atoms with van der Waals surface area (Å²) in [6, 6.07) is 9.57. The number of hydrogen-bond acceptors (Lipinski definition) is 5. The fourth-order valence-corrected chi connectivity index (χ4v) is 2.61. The zero-order valence-electron chi connectivity index (χ0n) is 16.9. The number of benzene rings is 1. The number of unbranched alkanes of at least 4 members (excludes halogenated alkanes) is 6. The summed E-state index contributed by atoms with van der Waals surface area (Å²) in [4.78, 5) is 33.2. The molecule has 1 aromatic rings. The van der Waals surface area contributed by atoms with E-state index in [1.54, 1.807) is 0 Å². The van der Waals surface area contributed by atoms with Crippen LogP contribution in [0.5, 0.6) is 0 Å². The van der Waals surface area contributed by atoms with Crippen LogP contribution in [0.3, 0.4) is 0 Å². The van der Waals surface area contributed by atoms with Gasteiger partial charge in [0.1, 0.15) is 19.8 Å². The minimum absolute atomic E-state index is 0.222. The largest absolute Gasteiger partial charge is 0.480 e. The molecule has 2 amide bonds. The lowest BCUT2D eigenvalue weighted by atomic mass is 10.1. The second kappa shape index (κ2) is 16.4. The van der Waals surface area contributed by atoms with Crippen molar-refractivity contribution >= 4 is 18.0 Å². The van der Waals surface area contributed by atoms with Crippen LogP contribution >= 0.6 is 0 Å². The van der Waals surface area contributed by atoms with E-state index in [4.69, 9.17) is 14.6 Å². The molecule has 8 nitrogen and oxygen atoms in total. The first-order valence-corrected chi connectivity index (χ1v) is 10.1. The highest BCUT2D eigenvalue weighted by Gasteiger charge is 2.03. The molecule has 0 aliphatic carbocycles. The maximum Gasteiger partial charge on any atom is 0.407 e. The first-order chi connectivity index (χ1) is 14.1. The molecule has 0 saturated carbocycles. The van der Waals surface area contributed by atoms with Crippen molar-refractivity contribution in [1.29, 1.82) is 0 Å². The summed E-state index contributed by atoms with van der Waals surface area (Å²) >= 11 is 0. The Labute approximate surface area is 172 Å². The van der Waals surface area contributed by atoms with Gasteiger partial charge < -0.3 is 25.2 Å². The lowest BCUT2D eigenvalue weighted by Gasteiger charge is -2.07. The summed E-state index contributed by atoms with van der Waals surface area (Å²) in [5.74, 6) is -1.38. The van der Waals surface area contributed by atoms with Crippen molar-refractivity contribution in [3.63, 3.8) is 0 Å². The lowest BCUT2D eigenvalue weighted by molar-refractivity contribution is -0.143. The van der Waals surface area contributed by atoms with Gasteiger partial charge in [-0.1, -0.05) is 62.4 Å². The third-order valence-electron chi connectivity index (χ3n) is 4.12. The van der Waals surface area contributed by atoms with E-state index >= 15 is 0 Å². The number of carbonyl (C=O) groups is 3. The van der Waals surface area contributed by atoms with E-state index in [9.17, 15) is 14.4 Å². The average Bonchev–Trinajstić information content (AvgIpc) is 2.71. The highest BCUT2D eigenvalue weighted by Crippen LogP contribution is 2.06.